The molecule has 2 aromatic rings. The predicted octanol–water partition coefficient (Wildman–Crippen LogP) is 2.47. The molecule has 0 spiro atoms. The van der Waals surface area contributed by atoms with Gasteiger partial charge in [-0.2, -0.15) is 0 Å². The van der Waals surface area contributed by atoms with Crippen LogP contribution in [0.15, 0.2) is 41.5 Å². The highest BCUT2D eigenvalue weighted by Gasteiger charge is 2.20. The number of aromatic nitrogens is 2. The number of hydrogen-bond donors (Lipinski definition) is 2. The summed E-state index contributed by atoms with van der Waals surface area (Å²) in [6.07, 6.45) is 5.05. The quantitative estimate of drug-likeness (QED) is 0.629. The molecule has 27 heavy (non-hydrogen) atoms. The number of nitrogens with zero attached hydrogens (tertiary/aromatic N) is 4. The summed E-state index contributed by atoms with van der Waals surface area (Å²) in [5.41, 5.74) is 3.36. The normalized spacial score (nSPS) is 15.7. The first-order valence-electron chi connectivity index (χ1n) is 9.71. The zero-order chi connectivity index (χ0) is 19.1. The third kappa shape index (κ3) is 5.67. The number of pyridine rings is 2. The molecule has 3 heterocycles. The van der Waals surface area contributed by atoms with Gasteiger partial charge in [-0.15, -0.1) is 0 Å². The zero-order valence-electron chi connectivity index (χ0n) is 16.6. The lowest BCUT2D eigenvalue weighted by Gasteiger charge is -2.34. The van der Waals surface area contributed by atoms with Crippen molar-refractivity contribution in [1.82, 2.24) is 20.6 Å². The van der Waals surface area contributed by atoms with E-state index in [1.807, 2.05) is 33.2 Å². The molecule has 1 saturated heterocycles. The van der Waals surface area contributed by atoms with Crippen molar-refractivity contribution in [2.75, 3.05) is 31.6 Å². The van der Waals surface area contributed by atoms with Crippen LogP contribution in [0, 0.1) is 13.8 Å². The highest BCUT2D eigenvalue weighted by molar-refractivity contribution is 5.80. The summed E-state index contributed by atoms with van der Waals surface area (Å²) in [7, 11) is 1.83. The Kier molecular flexibility index (Phi) is 6.63. The number of piperidine rings is 1. The number of aryl methyl sites for hydroxylation is 2. The van der Waals surface area contributed by atoms with Crippen molar-refractivity contribution in [2.24, 2.45) is 4.99 Å². The molecule has 0 unspecified atom stereocenters. The third-order valence-electron chi connectivity index (χ3n) is 4.94. The smallest absolute Gasteiger partial charge is 0.191 e. The average molecular weight is 367 g/mol. The van der Waals surface area contributed by atoms with Gasteiger partial charge in [-0.3, -0.25) is 9.98 Å². The molecule has 1 aliphatic rings. The van der Waals surface area contributed by atoms with Crippen molar-refractivity contribution in [3.63, 3.8) is 0 Å². The summed E-state index contributed by atoms with van der Waals surface area (Å²) in [5.74, 6) is 1.96. The second-order valence-electron chi connectivity index (χ2n) is 7.10. The number of rotatable bonds is 5. The number of anilines is 1. The van der Waals surface area contributed by atoms with E-state index in [9.17, 15) is 0 Å². The second-order valence-corrected chi connectivity index (χ2v) is 7.10. The van der Waals surface area contributed by atoms with Gasteiger partial charge in [-0.25, -0.2) is 4.98 Å². The summed E-state index contributed by atoms with van der Waals surface area (Å²) in [4.78, 5) is 15.7. The maximum Gasteiger partial charge on any atom is 0.191 e. The molecule has 2 N–H and O–H groups in total. The Bertz CT molecular complexity index is 748. The van der Waals surface area contributed by atoms with Crippen molar-refractivity contribution in [3.05, 3.63) is 53.5 Å². The molecule has 0 saturated carbocycles. The maximum atomic E-state index is 4.64. The number of aliphatic imine (C=N–C) groups is 1. The number of hydrogen-bond acceptors (Lipinski definition) is 4. The summed E-state index contributed by atoms with van der Waals surface area (Å²) in [6, 6.07) is 10.9. The topological polar surface area (TPSA) is 65.4 Å². The highest BCUT2D eigenvalue weighted by atomic mass is 15.2. The molecule has 2 aromatic heterocycles. The summed E-state index contributed by atoms with van der Waals surface area (Å²) in [5, 5.41) is 6.98. The Morgan fingerprint density at radius 3 is 2.63 bits per heavy atom. The van der Waals surface area contributed by atoms with Crippen molar-refractivity contribution in [3.8, 4) is 0 Å². The Hall–Kier alpha value is -2.63. The molecule has 0 bridgehead atoms. The van der Waals surface area contributed by atoms with Crippen LogP contribution in [0.1, 0.15) is 29.8 Å². The van der Waals surface area contributed by atoms with E-state index in [0.717, 1.165) is 62.1 Å². The molecular formula is C21H30N6. The first kappa shape index (κ1) is 19.1. The van der Waals surface area contributed by atoms with Gasteiger partial charge in [-0.1, -0.05) is 12.1 Å². The molecule has 0 radical (unpaired) electrons. The lowest BCUT2D eigenvalue weighted by Crippen LogP contribution is -2.49. The van der Waals surface area contributed by atoms with Crippen LogP contribution >= 0.6 is 0 Å². The first-order chi connectivity index (χ1) is 13.1. The van der Waals surface area contributed by atoms with Crippen LogP contribution in [0.5, 0.6) is 0 Å². The van der Waals surface area contributed by atoms with Crippen LogP contribution < -0.4 is 15.5 Å². The van der Waals surface area contributed by atoms with Crippen molar-refractivity contribution in [1.29, 1.82) is 0 Å². The van der Waals surface area contributed by atoms with E-state index < -0.39 is 0 Å². The molecule has 0 amide bonds. The second kappa shape index (κ2) is 9.35. The van der Waals surface area contributed by atoms with Crippen molar-refractivity contribution < 1.29 is 0 Å². The van der Waals surface area contributed by atoms with E-state index in [1.54, 1.807) is 0 Å². The first-order valence-corrected chi connectivity index (χ1v) is 9.71. The Morgan fingerprint density at radius 2 is 1.96 bits per heavy atom. The predicted molar refractivity (Wildman–Crippen MR) is 111 cm³/mol. The van der Waals surface area contributed by atoms with E-state index in [0.29, 0.717) is 6.04 Å². The molecule has 144 valence electrons. The van der Waals surface area contributed by atoms with E-state index in [2.05, 4.69) is 54.8 Å². The number of guanidine groups is 1. The van der Waals surface area contributed by atoms with E-state index in [4.69, 9.17) is 0 Å². The Balaban J connectivity index is 1.42. The van der Waals surface area contributed by atoms with Crippen LogP contribution in [0.3, 0.4) is 0 Å². The van der Waals surface area contributed by atoms with Crippen molar-refractivity contribution in [2.45, 2.75) is 39.2 Å². The van der Waals surface area contributed by atoms with Gasteiger partial charge in [0.1, 0.15) is 5.82 Å². The van der Waals surface area contributed by atoms with Gasteiger partial charge in [0.15, 0.2) is 5.96 Å². The van der Waals surface area contributed by atoms with Gasteiger partial charge in [0.2, 0.25) is 0 Å². The summed E-state index contributed by atoms with van der Waals surface area (Å²) in [6.45, 7) is 6.92. The number of nitrogens with one attached hydrogen (secondary N) is 2. The standard InChI is InChI=1S/C21H30N6/c1-16-7-8-18(15-24-16)9-12-23-21(22-3)26-19-10-13-27(14-11-19)20-6-4-5-17(2)25-20/h4-8,15,19H,9-14H2,1-3H3,(H2,22,23,26). The van der Waals surface area contributed by atoms with Crippen LogP contribution in [0.25, 0.3) is 0 Å². The van der Waals surface area contributed by atoms with Crippen LogP contribution in [-0.2, 0) is 6.42 Å². The van der Waals surface area contributed by atoms with E-state index in [-0.39, 0.29) is 0 Å². The Labute approximate surface area is 162 Å². The van der Waals surface area contributed by atoms with Gasteiger partial charge in [0, 0.05) is 50.3 Å². The fourth-order valence-electron chi connectivity index (χ4n) is 3.32. The van der Waals surface area contributed by atoms with Gasteiger partial charge >= 0.3 is 0 Å². The molecular weight excluding hydrogens is 336 g/mol. The minimum absolute atomic E-state index is 0.443. The van der Waals surface area contributed by atoms with Gasteiger partial charge in [0.25, 0.3) is 0 Å². The lowest BCUT2D eigenvalue weighted by molar-refractivity contribution is 0.459. The molecule has 6 nitrogen and oxygen atoms in total. The summed E-state index contributed by atoms with van der Waals surface area (Å²) >= 11 is 0. The molecule has 3 rings (SSSR count). The molecule has 0 aliphatic carbocycles. The largest absolute Gasteiger partial charge is 0.356 e. The molecule has 0 atom stereocenters. The highest BCUT2D eigenvalue weighted by Crippen LogP contribution is 2.18. The fourth-order valence-corrected chi connectivity index (χ4v) is 3.32. The van der Waals surface area contributed by atoms with Crippen LogP contribution in [0.2, 0.25) is 0 Å². The Morgan fingerprint density at radius 1 is 1.15 bits per heavy atom. The van der Waals surface area contributed by atoms with E-state index >= 15 is 0 Å². The monoisotopic (exact) mass is 366 g/mol. The van der Waals surface area contributed by atoms with Crippen LogP contribution in [0.4, 0.5) is 5.82 Å². The third-order valence-corrected chi connectivity index (χ3v) is 4.94. The SMILES string of the molecule is CN=C(NCCc1ccc(C)nc1)NC1CCN(c2cccc(C)n2)CC1. The van der Waals surface area contributed by atoms with Gasteiger partial charge in [0.05, 0.1) is 0 Å². The molecule has 1 aliphatic heterocycles. The minimum atomic E-state index is 0.443. The van der Waals surface area contributed by atoms with Crippen LogP contribution in [-0.4, -0.2) is 48.7 Å². The minimum Gasteiger partial charge on any atom is -0.356 e. The van der Waals surface area contributed by atoms with E-state index in [1.165, 1.54) is 5.56 Å². The molecule has 1 fully saturated rings. The van der Waals surface area contributed by atoms with Crippen molar-refractivity contribution >= 4 is 11.8 Å². The van der Waals surface area contributed by atoms with Gasteiger partial charge in [-0.05, 0) is 56.9 Å². The van der Waals surface area contributed by atoms with Gasteiger partial charge < -0.3 is 15.5 Å². The summed E-state index contributed by atoms with van der Waals surface area (Å²) < 4.78 is 0. The molecule has 0 aromatic carbocycles. The maximum absolute atomic E-state index is 4.64. The zero-order valence-corrected chi connectivity index (χ0v) is 16.6. The lowest BCUT2D eigenvalue weighted by atomic mass is 10.1. The average Bonchev–Trinajstić information content (AvgIpc) is 2.69. The molecule has 6 heteroatoms. The fraction of sp³-hybridized carbons (Fsp3) is 0.476.